The maximum atomic E-state index is 12.0. The SMILES string of the molecule is CCC(C)c1ccc(NC(=O)N2CCOCC2)cc1. The third kappa shape index (κ3) is 3.70. The van der Waals surface area contributed by atoms with E-state index >= 15 is 0 Å². The Morgan fingerprint density at radius 1 is 1.32 bits per heavy atom. The van der Waals surface area contributed by atoms with Crippen LogP contribution in [0.4, 0.5) is 10.5 Å². The van der Waals surface area contributed by atoms with Gasteiger partial charge in [-0.1, -0.05) is 26.0 Å². The fourth-order valence-electron chi connectivity index (χ4n) is 2.10. The van der Waals surface area contributed by atoms with E-state index in [2.05, 4.69) is 31.3 Å². The summed E-state index contributed by atoms with van der Waals surface area (Å²) in [7, 11) is 0. The molecule has 1 N–H and O–H groups in total. The van der Waals surface area contributed by atoms with Gasteiger partial charge in [0.2, 0.25) is 0 Å². The lowest BCUT2D eigenvalue weighted by atomic mass is 9.99. The zero-order chi connectivity index (χ0) is 13.7. The summed E-state index contributed by atoms with van der Waals surface area (Å²) in [5.74, 6) is 0.559. The van der Waals surface area contributed by atoms with Gasteiger partial charge in [0.1, 0.15) is 0 Å². The molecule has 4 heteroatoms. The molecule has 4 nitrogen and oxygen atoms in total. The molecule has 0 saturated carbocycles. The molecule has 0 aliphatic carbocycles. The molecule has 104 valence electrons. The summed E-state index contributed by atoms with van der Waals surface area (Å²) in [4.78, 5) is 13.8. The fourth-order valence-corrected chi connectivity index (χ4v) is 2.10. The van der Waals surface area contributed by atoms with Crippen molar-refractivity contribution < 1.29 is 9.53 Å². The highest BCUT2D eigenvalue weighted by Crippen LogP contribution is 2.20. The molecule has 1 heterocycles. The minimum Gasteiger partial charge on any atom is -0.378 e. The van der Waals surface area contributed by atoms with E-state index in [1.807, 2.05) is 12.1 Å². The molecule has 0 radical (unpaired) electrons. The first-order chi connectivity index (χ1) is 9.20. The largest absolute Gasteiger partial charge is 0.378 e. The second kappa shape index (κ2) is 6.57. The minimum absolute atomic E-state index is 0.0420. The molecule has 1 aromatic carbocycles. The van der Waals surface area contributed by atoms with E-state index in [1.54, 1.807) is 4.90 Å². The van der Waals surface area contributed by atoms with Gasteiger partial charge in [0, 0.05) is 18.8 Å². The molecule has 19 heavy (non-hydrogen) atoms. The quantitative estimate of drug-likeness (QED) is 0.909. The molecule has 1 aromatic rings. The van der Waals surface area contributed by atoms with Crippen LogP contribution in [0.3, 0.4) is 0 Å². The Morgan fingerprint density at radius 2 is 1.95 bits per heavy atom. The van der Waals surface area contributed by atoms with Gasteiger partial charge in [-0.15, -0.1) is 0 Å². The van der Waals surface area contributed by atoms with Gasteiger partial charge in [-0.3, -0.25) is 0 Å². The van der Waals surface area contributed by atoms with Gasteiger partial charge in [-0.25, -0.2) is 4.79 Å². The number of nitrogens with one attached hydrogen (secondary N) is 1. The van der Waals surface area contributed by atoms with E-state index in [1.165, 1.54) is 5.56 Å². The monoisotopic (exact) mass is 262 g/mol. The number of anilines is 1. The van der Waals surface area contributed by atoms with Crippen molar-refractivity contribution in [3.05, 3.63) is 29.8 Å². The third-order valence-electron chi connectivity index (χ3n) is 3.64. The molecular weight excluding hydrogens is 240 g/mol. The highest BCUT2D eigenvalue weighted by atomic mass is 16.5. The number of hydrogen-bond donors (Lipinski definition) is 1. The van der Waals surface area contributed by atoms with Crippen LogP contribution in [0.5, 0.6) is 0 Å². The van der Waals surface area contributed by atoms with Crippen LogP contribution in [0.2, 0.25) is 0 Å². The van der Waals surface area contributed by atoms with Crippen molar-refractivity contribution in [2.75, 3.05) is 31.6 Å². The number of hydrogen-bond acceptors (Lipinski definition) is 2. The molecule has 2 rings (SSSR count). The van der Waals surface area contributed by atoms with Crippen molar-refractivity contribution in [1.82, 2.24) is 4.90 Å². The first kappa shape index (κ1) is 13.9. The van der Waals surface area contributed by atoms with Crippen molar-refractivity contribution in [3.63, 3.8) is 0 Å². The number of rotatable bonds is 3. The van der Waals surface area contributed by atoms with Crippen molar-refractivity contribution >= 4 is 11.7 Å². The summed E-state index contributed by atoms with van der Waals surface area (Å²) >= 11 is 0. The normalized spacial score (nSPS) is 17.1. The molecular formula is C15H22N2O2. The number of urea groups is 1. The Hall–Kier alpha value is -1.55. The zero-order valence-corrected chi connectivity index (χ0v) is 11.7. The second-order valence-electron chi connectivity index (χ2n) is 4.96. The molecule has 0 aromatic heterocycles. The predicted molar refractivity (Wildman–Crippen MR) is 76.6 cm³/mol. The smallest absolute Gasteiger partial charge is 0.321 e. The third-order valence-corrected chi connectivity index (χ3v) is 3.64. The van der Waals surface area contributed by atoms with Crippen LogP contribution in [0.15, 0.2) is 24.3 Å². The van der Waals surface area contributed by atoms with Gasteiger partial charge in [0.25, 0.3) is 0 Å². The lowest BCUT2D eigenvalue weighted by Gasteiger charge is -2.27. The fraction of sp³-hybridized carbons (Fsp3) is 0.533. The molecule has 1 aliphatic heterocycles. The minimum atomic E-state index is -0.0420. The average Bonchev–Trinajstić information content (AvgIpc) is 2.48. The van der Waals surface area contributed by atoms with Crippen molar-refractivity contribution in [1.29, 1.82) is 0 Å². The van der Waals surface area contributed by atoms with Gasteiger partial charge >= 0.3 is 6.03 Å². The summed E-state index contributed by atoms with van der Waals surface area (Å²) in [6.45, 7) is 6.97. The lowest BCUT2D eigenvalue weighted by Crippen LogP contribution is -2.43. The standard InChI is InChI=1S/C15H22N2O2/c1-3-12(2)13-4-6-14(7-5-13)16-15(18)17-8-10-19-11-9-17/h4-7,12H,3,8-11H2,1-2H3,(H,16,18). The molecule has 1 fully saturated rings. The van der Waals surface area contributed by atoms with Crippen LogP contribution < -0.4 is 5.32 Å². The van der Waals surface area contributed by atoms with Crippen LogP contribution in [-0.4, -0.2) is 37.2 Å². The highest BCUT2D eigenvalue weighted by Gasteiger charge is 2.16. The molecule has 1 aliphatic rings. The van der Waals surface area contributed by atoms with Crippen molar-refractivity contribution in [3.8, 4) is 0 Å². The summed E-state index contributed by atoms with van der Waals surface area (Å²) in [5.41, 5.74) is 2.16. The van der Waals surface area contributed by atoms with Gasteiger partial charge in [0.05, 0.1) is 13.2 Å². The summed E-state index contributed by atoms with van der Waals surface area (Å²) in [6.07, 6.45) is 1.12. The topological polar surface area (TPSA) is 41.6 Å². The van der Waals surface area contributed by atoms with Crippen LogP contribution in [-0.2, 0) is 4.74 Å². The Labute approximate surface area is 114 Å². The summed E-state index contributed by atoms with van der Waals surface area (Å²) < 4.78 is 5.23. The molecule has 1 saturated heterocycles. The van der Waals surface area contributed by atoms with Crippen molar-refractivity contribution in [2.24, 2.45) is 0 Å². The van der Waals surface area contributed by atoms with E-state index < -0.39 is 0 Å². The zero-order valence-electron chi connectivity index (χ0n) is 11.7. The Kier molecular flexibility index (Phi) is 4.80. The van der Waals surface area contributed by atoms with Gasteiger partial charge in [0.15, 0.2) is 0 Å². The van der Waals surface area contributed by atoms with Crippen LogP contribution in [0, 0.1) is 0 Å². The summed E-state index contributed by atoms with van der Waals surface area (Å²) in [6, 6.07) is 8.07. The number of amides is 2. The average molecular weight is 262 g/mol. The number of morpholine rings is 1. The molecule has 0 spiro atoms. The van der Waals surface area contributed by atoms with Gasteiger partial charge < -0.3 is 15.0 Å². The number of ether oxygens (including phenoxy) is 1. The van der Waals surface area contributed by atoms with E-state index in [9.17, 15) is 4.79 Å². The lowest BCUT2D eigenvalue weighted by molar-refractivity contribution is 0.0564. The molecule has 2 amide bonds. The van der Waals surface area contributed by atoms with Crippen LogP contribution >= 0.6 is 0 Å². The summed E-state index contributed by atoms with van der Waals surface area (Å²) in [5, 5.41) is 2.93. The van der Waals surface area contributed by atoms with E-state index in [-0.39, 0.29) is 6.03 Å². The number of carbonyl (C=O) groups excluding carboxylic acids is 1. The van der Waals surface area contributed by atoms with E-state index in [0.717, 1.165) is 12.1 Å². The Morgan fingerprint density at radius 3 is 2.53 bits per heavy atom. The Balaban J connectivity index is 1.93. The van der Waals surface area contributed by atoms with Gasteiger partial charge in [-0.05, 0) is 30.0 Å². The Bertz CT molecular complexity index is 411. The highest BCUT2D eigenvalue weighted by molar-refractivity contribution is 5.89. The molecule has 1 atom stereocenters. The van der Waals surface area contributed by atoms with Gasteiger partial charge in [-0.2, -0.15) is 0 Å². The number of carbonyl (C=O) groups is 1. The first-order valence-corrected chi connectivity index (χ1v) is 6.94. The van der Waals surface area contributed by atoms with Crippen molar-refractivity contribution in [2.45, 2.75) is 26.2 Å². The molecule has 0 bridgehead atoms. The maximum absolute atomic E-state index is 12.0. The predicted octanol–water partition coefficient (Wildman–Crippen LogP) is 3.06. The van der Waals surface area contributed by atoms with E-state index in [4.69, 9.17) is 4.74 Å². The number of nitrogens with zero attached hydrogens (tertiary/aromatic N) is 1. The maximum Gasteiger partial charge on any atom is 0.321 e. The number of benzene rings is 1. The second-order valence-corrected chi connectivity index (χ2v) is 4.96. The van der Waals surface area contributed by atoms with E-state index in [0.29, 0.717) is 32.2 Å². The molecule has 1 unspecified atom stereocenters. The van der Waals surface area contributed by atoms with Crippen LogP contribution in [0.25, 0.3) is 0 Å². The van der Waals surface area contributed by atoms with Crippen LogP contribution in [0.1, 0.15) is 31.7 Å². The first-order valence-electron chi connectivity index (χ1n) is 6.94.